The Morgan fingerprint density at radius 2 is 1.36 bits per heavy atom. The van der Waals surface area contributed by atoms with Gasteiger partial charge < -0.3 is 5.11 Å². The van der Waals surface area contributed by atoms with E-state index in [1.165, 1.54) is 43.1 Å². The summed E-state index contributed by atoms with van der Waals surface area (Å²) in [5.74, 6) is 0. The fraction of sp³-hybridized carbons (Fsp3) is 0.0833. The number of aromatic nitrogens is 3. The van der Waals surface area contributed by atoms with E-state index in [0.717, 1.165) is 11.3 Å². The summed E-state index contributed by atoms with van der Waals surface area (Å²) in [5.41, 5.74) is 1.89. The minimum absolute atomic E-state index is 0.0490. The van der Waals surface area contributed by atoms with Gasteiger partial charge in [-0.2, -0.15) is 0 Å². The number of nitrogens with zero attached hydrogens (tertiary/aromatic N) is 3. The van der Waals surface area contributed by atoms with Crippen LogP contribution in [0, 0.1) is 0 Å². The van der Waals surface area contributed by atoms with Gasteiger partial charge in [-0.15, -0.1) is 5.10 Å². The zero-order valence-electron chi connectivity index (χ0n) is 15.1. The van der Waals surface area contributed by atoms with Gasteiger partial charge in [-0.1, -0.05) is 71.9 Å². The second-order valence-electron chi connectivity index (χ2n) is 7.19. The van der Waals surface area contributed by atoms with E-state index in [1.807, 2.05) is 6.20 Å². The van der Waals surface area contributed by atoms with Gasteiger partial charge in [0, 0.05) is 5.56 Å². The summed E-state index contributed by atoms with van der Waals surface area (Å²) in [7, 11) is 0. The van der Waals surface area contributed by atoms with Crippen molar-refractivity contribution >= 4 is 43.1 Å². The molecule has 6 aromatic rings. The van der Waals surface area contributed by atoms with E-state index in [4.69, 9.17) is 5.11 Å². The predicted octanol–water partition coefficient (Wildman–Crippen LogP) is 4.99. The van der Waals surface area contributed by atoms with Crippen LogP contribution in [0.4, 0.5) is 0 Å². The second-order valence-corrected chi connectivity index (χ2v) is 7.19. The molecule has 0 aliphatic heterocycles. The summed E-state index contributed by atoms with van der Waals surface area (Å²) in [6, 6.07) is 23.9. The SMILES string of the molecule is OCCn1cc(-c2ccc3c4cccc5cccc(c6cccc2c63)c54)nn1. The van der Waals surface area contributed by atoms with Crippen LogP contribution in [0.5, 0.6) is 0 Å². The van der Waals surface area contributed by atoms with Crippen LogP contribution < -0.4 is 0 Å². The molecule has 4 nitrogen and oxygen atoms in total. The lowest BCUT2D eigenvalue weighted by Crippen LogP contribution is -2.01. The molecule has 0 bridgehead atoms. The van der Waals surface area contributed by atoms with Crippen LogP contribution in [0.15, 0.2) is 72.9 Å². The lowest BCUT2D eigenvalue weighted by atomic mass is 9.88. The molecule has 1 N–H and O–H groups in total. The average molecular weight is 363 g/mol. The first-order valence-electron chi connectivity index (χ1n) is 9.45. The van der Waals surface area contributed by atoms with Crippen LogP contribution >= 0.6 is 0 Å². The highest BCUT2D eigenvalue weighted by Gasteiger charge is 2.16. The molecule has 4 heteroatoms. The van der Waals surface area contributed by atoms with Crippen LogP contribution in [-0.2, 0) is 6.54 Å². The lowest BCUT2D eigenvalue weighted by Gasteiger charge is -2.15. The summed E-state index contributed by atoms with van der Waals surface area (Å²) in [5, 5.41) is 27.8. The molecule has 28 heavy (non-hydrogen) atoms. The van der Waals surface area contributed by atoms with Gasteiger partial charge in [-0.3, -0.25) is 0 Å². The Morgan fingerprint density at radius 3 is 2.11 bits per heavy atom. The first-order chi connectivity index (χ1) is 13.8. The van der Waals surface area contributed by atoms with Crippen molar-refractivity contribution in [3.05, 3.63) is 72.9 Å². The predicted molar refractivity (Wildman–Crippen MR) is 114 cm³/mol. The Morgan fingerprint density at radius 1 is 0.714 bits per heavy atom. The number of hydrogen-bond acceptors (Lipinski definition) is 3. The van der Waals surface area contributed by atoms with Crippen LogP contribution in [0.3, 0.4) is 0 Å². The average Bonchev–Trinajstić information content (AvgIpc) is 3.20. The Balaban J connectivity index is 1.77. The lowest BCUT2D eigenvalue weighted by molar-refractivity contribution is 0.268. The van der Waals surface area contributed by atoms with E-state index in [0.29, 0.717) is 6.54 Å². The molecule has 0 saturated heterocycles. The Bertz CT molecular complexity index is 1430. The van der Waals surface area contributed by atoms with Crippen molar-refractivity contribution in [1.29, 1.82) is 0 Å². The molecule has 0 amide bonds. The van der Waals surface area contributed by atoms with Crippen molar-refractivity contribution in [1.82, 2.24) is 15.0 Å². The van der Waals surface area contributed by atoms with Crippen LogP contribution in [0.1, 0.15) is 0 Å². The van der Waals surface area contributed by atoms with Crippen LogP contribution in [0.25, 0.3) is 54.3 Å². The number of hydrogen-bond donors (Lipinski definition) is 1. The smallest absolute Gasteiger partial charge is 0.113 e. The van der Waals surface area contributed by atoms with Crippen LogP contribution in [-0.4, -0.2) is 26.7 Å². The topological polar surface area (TPSA) is 50.9 Å². The number of rotatable bonds is 3. The van der Waals surface area contributed by atoms with E-state index in [2.05, 4.69) is 77.0 Å². The zero-order valence-corrected chi connectivity index (χ0v) is 15.1. The molecule has 0 atom stereocenters. The van der Waals surface area contributed by atoms with Gasteiger partial charge in [-0.05, 0) is 43.1 Å². The van der Waals surface area contributed by atoms with E-state index in [1.54, 1.807) is 4.68 Å². The van der Waals surface area contributed by atoms with Gasteiger partial charge in [0.15, 0.2) is 0 Å². The van der Waals surface area contributed by atoms with Crippen molar-refractivity contribution < 1.29 is 5.11 Å². The van der Waals surface area contributed by atoms with Crippen molar-refractivity contribution in [2.75, 3.05) is 6.61 Å². The summed E-state index contributed by atoms with van der Waals surface area (Å²) in [6.45, 7) is 0.497. The normalized spacial score (nSPS) is 12.0. The third-order valence-corrected chi connectivity index (χ3v) is 5.67. The van der Waals surface area contributed by atoms with Gasteiger partial charge in [0.1, 0.15) is 5.69 Å². The van der Waals surface area contributed by atoms with E-state index >= 15 is 0 Å². The molecule has 0 aliphatic rings. The molecule has 0 spiro atoms. The number of fused-ring (bicyclic) bond motifs is 2. The molecule has 0 radical (unpaired) electrons. The van der Waals surface area contributed by atoms with Gasteiger partial charge in [0.2, 0.25) is 0 Å². The third-order valence-electron chi connectivity index (χ3n) is 5.67. The maximum Gasteiger partial charge on any atom is 0.113 e. The summed E-state index contributed by atoms with van der Waals surface area (Å²) in [4.78, 5) is 0. The van der Waals surface area contributed by atoms with Gasteiger partial charge in [0.25, 0.3) is 0 Å². The largest absolute Gasteiger partial charge is 0.394 e. The zero-order chi connectivity index (χ0) is 18.7. The molecular formula is C24H17N3O. The molecular weight excluding hydrogens is 346 g/mol. The van der Waals surface area contributed by atoms with E-state index < -0.39 is 0 Å². The molecule has 0 saturated carbocycles. The van der Waals surface area contributed by atoms with Gasteiger partial charge in [-0.25, -0.2) is 4.68 Å². The molecule has 0 aliphatic carbocycles. The van der Waals surface area contributed by atoms with E-state index in [9.17, 15) is 0 Å². The maximum absolute atomic E-state index is 9.16. The van der Waals surface area contributed by atoms with Crippen molar-refractivity contribution in [2.45, 2.75) is 6.54 Å². The van der Waals surface area contributed by atoms with Crippen LogP contribution in [0.2, 0.25) is 0 Å². The first kappa shape index (κ1) is 15.5. The van der Waals surface area contributed by atoms with E-state index in [-0.39, 0.29) is 6.61 Å². The maximum atomic E-state index is 9.16. The standard InChI is InChI=1S/C24H17N3O/c28-13-12-27-14-22(25-26-27)16-10-11-21-19-7-2-5-15-4-1-6-18(23(15)19)20-9-3-8-17(16)24(20)21/h1-11,14,28H,12-13H2. The van der Waals surface area contributed by atoms with Gasteiger partial charge in [0.05, 0.1) is 19.3 Å². The van der Waals surface area contributed by atoms with Gasteiger partial charge >= 0.3 is 0 Å². The quantitative estimate of drug-likeness (QED) is 0.356. The molecule has 0 unspecified atom stereocenters. The minimum atomic E-state index is 0.0490. The highest BCUT2D eigenvalue weighted by molar-refractivity contribution is 6.33. The molecule has 5 aromatic carbocycles. The molecule has 1 heterocycles. The Kier molecular flexibility index (Phi) is 3.19. The minimum Gasteiger partial charge on any atom is -0.394 e. The molecule has 6 rings (SSSR count). The van der Waals surface area contributed by atoms with Crippen molar-refractivity contribution in [3.8, 4) is 11.3 Å². The number of benzene rings is 5. The monoisotopic (exact) mass is 363 g/mol. The Hall–Kier alpha value is -3.50. The summed E-state index contributed by atoms with van der Waals surface area (Å²) >= 11 is 0. The molecule has 1 aromatic heterocycles. The third kappa shape index (κ3) is 2.03. The Labute approximate surface area is 161 Å². The molecule has 0 fully saturated rings. The number of aliphatic hydroxyl groups is 1. The van der Waals surface area contributed by atoms with Crippen molar-refractivity contribution in [3.63, 3.8) is 0 Å². The second kappa shape index (κ2) is 5.75. The summed E-state index contributed by atoms with van der Waals surface area (Å²) in [6.07, 6.45) is 1.90. The van der Waals surface area contributed by atoms with Crippen molar-refractivity contribution in [2.24, 2.45) is 0 Å². The fourth-order valence-corrected chi connectivity index (χ4v) is 4.50. The highest BCUT2D eigenvalue weighted by Crippen LogP contribution is 2.42. The highest BCUT2D eigenvalue weighted by atomic mass is 16.3. The number of aliphatic hydroxyl groups excluding tert-OH is 1. The fourth-order valence-electron chi connectivity index (χ4n) is 4.50. The molecule has 134 valence electrons. The first-order valence-corrected chi connectivity index (χ1v) is 9.45. The summed E-state index contributed by atoms with van der Waals surface area (Å²) < 4.78 is 1.68.